The summed E-state index contributed by atoms with van der Waals surface area (Å²) in [5.74, 6) is 0. The molecule has 0 radical (unpaired) electrons. The zero-order valence-electron chi connectivity index (χ0n) is 13.1. The molecule has 0 fully saturated rings. The van der Waals surface area contributed by atoms with Gasteiger partial charge in [-0.3, -0.25) is 5.43 Å². The van der Waals surface area contributed by atoms with E-state index in [1.54, 1.807) is 17.0 Å². The molecule has 3 aromatic rings. The molecule has 0 saturated heterocycles. The van der Waals surface area contributed by atoms with Gasteiger partial charge < -0.3 is 0 Å². The smallest absolute Gasteiger partial charge is 0.136 e. The normalized spacial score (nSPS) is 11.1. The second-order valence-electron chi connectivity index (χ2n) is 5.28. The number of nitrogens with zero attached hydrogens (tertiary/aromatic N) is 3. The summed E-state index contributed by atoms with van der Waals surface area (Å²) in [4.78, 5) is 0. The second kappa shape index (κ2) is 7.51. The van der Waals surface area contributed by atoms with Crippen molar-refractivity contribution in [2.24, 2.45) is 5.10 Å². The monoisotopic (exact) mass is 358 g/mol. The van der Waals surface area contributed by atoms with Gasteiger partial charge >= 0.3 is 0 Å². The summed E-state index contributed by atoms with van der Waals surface area (Å²) in [6, 6.07) is 17.5. The Bertz CT molecular complexity index is 857. The van der Waals surface area contributed by atoms with Crippen LogP contribution in [0.2, 0.25) is 10.2 Å². The molecule has 0 aliphatic rings. The van der Waals surface area contributed by atoms with Crippen LogP contribution in [0.3, 0.4) is 0 Å². The molecular weight excluding hydrogens is 343 g/mol. The van der Waals surface area contributed by atoms with Crippen LogP contribution < -0.4 is 5.43 Å². The van der Waals surface area contributed by atoms with Gasteiger partial charge in [0.05, 0.1) is 34.7 Å². The Morgan fingerprint density at radius 3 is 2.54 bits per heavy atom. The number of benzene rings is 2. The SMILES string of the molecule is Cc1nn(Cc2ccccc2)c(Cl)c1/C=N/Nc1ccccc1Cl. The van der Waals surface area contributed by atoms with Crippen molar-refractivity contribution in [2.75, 3.05) is 5.43 Å². The fourth-order valence-corrected chi connectivity index (χ4v) is 2.75. The number of hydrazone groups is 1. The van der Waals surface area contributed by atoms with Gasteiger partial charge in [-0.15, -0.1) is 0 Å². The van der Waals surface area contributed by atoms with Crippen LogP contribution in [-0.2, 0) is 6.54 Å². The van der Waals surface area contributed by atoms with E-state index in [1.165, 1.54) is 0 Å². The van der Waals surface area contributed by atoms with Crippen molar-refractivity contribution in [3.05, 3.63) is 81.6 Å². The minimum Gasteiger partial charge on any atom is -0.277 e. The van der Waals surface area contributed by atoms with Gasteiger partial charge in [-0.05, 0) is 24.6 Å². The lowest BCUT2D eigenvalue weighted by atomic mass is 10.2. The molecule has 1 N–H and O–H groups in total. The van der Waals surface area contributed by atoms with Crippen LogP contribution in [0.25, 0.3) is 0 Å². The van der Waals surface area contributed by atoms with Gasteiger partial charge in [-0.25, -0.2) is 4.68 Å². The predicted molar refractivity (Wildman–Crippen MR) is 100 cm³/mol. The van der Waals surface area contributed by atoms with Gasteiger partial charge in [-0.2, -0.15) is 10.2 Å². The molecule has 0 saturated carbocycles. The van der Waals surface area contributed by atoms with Gasteiger partial charge in [0, 0.05) is 0 Å². The van der Waals surface area contributed by atoms with Crippen molar-refractivity contribution < 1.29 is 0 Å². The summed E-state index contributed by atoms with van der Waals surface area (Å²) in [7, 11) is 0. The van der Waals surface area contributed by atoms with Gasteiger partial charge in [-0.1, -0.05) is 65.7 Å². The van der Waals surface area contributed by atoms with E-state index in [0.717, 1.165) is 22.5 Å². The minimum atomic E-state index is 0.557. The van der Waals surface area contributed by atoms with Crippen molar-refractivity contribution in [2.45, 2.75) is 13.5 Å². The molecule has 4 nitrogen and oxygen atoms in total. The van der Waals surface area contributed by atoms with E-state index >= 15 is 0 Å². The Hall–Kier alpha value is -2.30. The van der Waals surface area contributed by atoms with E-state index in [2.05, 4.69) is 15.6 Å². The largest absolute Gasteiger partial charge is 0.277 e. The number of hydrogen-bond acceptors (Lipinski definition) is 3. The maximum Gasteiger partial charge on any atom is 0.136 e. The summed E-state index contributed by atoms with van der Waals surface area (Å²) in [6.07, 6.45) is 1.66. The molecule has 0 aliphatic carbocycles. The molecule has 6 heteroatoms. The maximum atomic E-state index is 6.45. The molecule has 3 rings (SSSR count). The molecule has 1 aromatic heterocycles. The molecule has 24 heavy (non-hydrogen) atoms. The van der Waals surface area contributed by atoms with E-state index < -0.39 is 0 Å². The van der Waals surface area contributed by atoms with Gasteiger partial charge in [0.25, 0.3) is 0 Å². The fourth-order valence-electron chi connectivity index (χ4n) is 2.29. The highest BCUT2D eigenvalue weighted by Crippen LogP contribution is 2.21. The summed E-state index contributed by atoms with van der Waals surface area (Å²) in [6.45, 7) is 2.52. The first-order chi connectivity index (χ1) is 11.6. The molecule has 1 heterocycles. The Labute approximate surface area is 150 Å². The number of nitrogens with one attached hydrogen (secondary N) is 1. The highest BCUT2D eigenvalue weighted by atomic mass is 35.5. The standard InChI is InChI=1S/C18H16Cl2N4/c1-13-15(11-21-22-17-10-6-5-9-16(17)19)18(20)24(23-13)12-14-7-3-2-4-8-14/h2-11,22H,12H2,1H3/b21-11+. The number of hydrogen-bond donors (Lipinski definition) is 1. The number of rotatable bonds is 5. The number of aromatic nitrogens is 2. The highest BCUT2D eigenvalue weighted by Gasteiger charge is 2.12. The van der Waals surface area contributed by atoms with E-state index in [9.17, 15) is 0 Å². The second-order valence-corrected chi connectivity index (χ2v) is 6.05. The first kappa shape index (κ1) is 16.6. The third-order valence-corrected chi connectivity index (χ3v) is 4.27. The molecule has 0 amide bonds. The fraction of sp³-hybridized carbons (Fsp3) is 0.111. The zero-order chi connectivity index (χ0) is 16.9. The summed E-state index contributed by atoms with van der Waals surface area (Å²) >= 11 is 12.5. The minimum absolute atomic E-state index is 0.557. The van der Waals surface area contributed by atoms with Crippen LogP contribution in [0.15, 0.2) is 59.7 Å². The van der Waals surface area contributed by atoms with Crippen LogP contribution in [0.4, 0.5) is 5.69 Å². The van der Waals surface area contributed by atoms with Crippen LogP contribution in [0, 0.1) is 6.92 Å². The van der Waals surface area contributed by atoms with Crippen molar-refractivity contribution >= 4 is 35.1 Å². The maximum absolute atomic E-state index is 6.45. The summed E-state index contributed by atoms with van der Waals surface area (Å²) in [5.41, 5.74) is 6.40. The summed E-state index contributed by atoms with van der Waals surface area (Å²) in [5, 5.41) is 9.87. The summed E-state index contributed by atoms with van der Waals surface area (Å²) < 4.78 is 1.77. The predicted octanol–water partition coefficient (Wildman–Crippen LogP) is 4.99. The molecular formula is C18H16Cl2N4. The average molecular weight is 359 g/mol. The van der Waals surface area contributed by atoms with Crippen molar-refractivity contribution in [1.29, 1.82) is 0 Å². The lowest BCUT2D eigenvalue weighted by Crippen LogP contribution is -2.01. The lowest BCUT2D eigenvalue weighted by Gasteiger charge is -2.03. The third-order valence-electron chi connectivity index (χ3n) is 3.54. The Morgan fingerprint density at radius 2 is 1.79 bits per heavy atom. The Kier molecular flexibility index (Phi) is 5.18. The van der Waals surface area contributed by atoms with E-state index in [4.69, 9.17) is 23.2 Å². The van der Waals surface area contributed by atoms with Gasteiger partial charge in [0.15, 0.2) is 0 Å². The molecule has 0 aliphatic heterocycles. The Morgan fingerprint density at radius 1 is 1.08 bits per heavy atom. The first-order valence-corrected chi connectivity index (χ1v) is 8.21. The number of para-hydroxylation sites is 1. The molecule has 0 unspecified atom stereocenters. The van der Waals surface area contributed by atoms with Gasteiger partial charge in [0.1, 0.15) is 5.15 Å². The van der Waals surface area contributed by atoms with E-state index in [1.807, 2.05) is 55.5 Å². The quantitative estimate of drug-likeness (QED) is 0.515. The first-order valence-electron chi connectivity index (χ1n) is 7.45. The van der Waals surface area contributed by atoms with Crippen LogP contribution in [-0.4, -0.2) is 16.0 Å². The highest BCUT2D eigenvalue weighted by molar-refractivity contribution is 6.33. The zero-order valence-corrected chi connectivity index (χ0v) is 14.6. The van der Waals surface area contributed by atoms with Crippen LogP contribution >= 0.6 is 23.2 Å². The molecule has 0 spiro atoms. The van der Waals surface area contributed by atoms with E-state index in [0.29, 0.717) is 16.7 Å². The molecule has 0 bridgehead atoms. The Balaban J connectivity index is 1.77. The number of halogens is 2. The lowest BCUT2D eigenvalue weighted by molar-refractivity contribution is 0.680. The molecule has 0 atom stereocenters. The molecule has 2 aromatic carbocycles. The average Bonchev–Trinajstić information content (AvgIpc) is 2.85. The third kappa shape index (κ3) is 3.78. The van der Waals surface area contributed by atoms with Crippen LogP contribution in [0.1, 0.15) is 16.8 Å². The number of anilines is 1. The van der Waals surface area contributed by atoms with Gasteiger partial charge in [0.2, 0.25) is 0 Å². The van der Waals surface area contributed by atoms with Crippen molar-refractivity contribution in [3.63, 3.8) is 0 Å². The van der Waals surface area contributed by atoms with E-state index in [-0.39, 0.29) is 0 Å². The van der Waals surface area contributed by atoms with Crippen molar-refractivity contribution in [1.82, 2.24) is 9.78 Å². The topological polar surface area (TPSA) is 42.2 Å². The van der Waals surface area contributed by atoms with Crippen molar-refractivity contribution in [3.8, 4) is 0 Å². The number of aryl methyl sites for hydroxylation is 1. The molecule has 122 valence electrons. The van der Waals surface area contributed by atoms with Crippen LogP contribution in [0.5, 0.6) is 0 Å².